The molecule has 2 saturated carbocycles. The van der Waals surface area contributed by atoms with E-state index in [2.05, 4.69) is 17.2 Å². The first kappa shape index (κ1) is 17.1. The standard InChI is InChI=1S/C19H28N2O3/c1-5-24-19(23)17-10(2)16(12(4)20-17)18(22)21-11(3)15-9-13-6-7-14(15)8-13/h11,13-15,20H,5-9H2,1-4H3,(H,21,22)/t11-,13-,14-,15+/m0/s1. The van der Waals surface area contributed by atoms with Crippen molar-refractivity contribution in [3.8, 4) is 0 Å². The number of esters is 1. The first-order chi connectivity index (χ1) is 11.4. The summed E-state index contributed by atoms with van der Waals surface area (Å²) in [6.45, 7) is 7.83. The topological polar surface area (TPSA) is 71.2 Å². The molecule has 2 bridgehead atoms. The summed E-state index contributed by atoms with van der Waals surface area (Å²) in [7, 11) is 0. The number of H-pyrrole nitrogens is 1. The Morgan fingerprint density at radius 1 is 1.29 bits per heavy atom. The normalized spacial score (nSPS) is 26.4. The largest absolute Gasteiger partial charge is 0.461 e. The van der Waals surface area contributed by atoms with Gasteiger partial charge in [-0.3, -0.25) is 4.79 Å². The molecule has 3 rings (SSSR count). The fourth-order valence-corrected chi connectivity index (χ4v) is 4.79. The Kier molecular flexibility index (Phi) is 4.70. The monoisotopic (exact) mass is 332 g/mol. The summed E-state index contributed by atoms with van der Waals surface area (Å²) < 4.78 is 5.05. The van der Waals surface area contributed by atoms with Crippen molar-refractivity contribution < 1.29 is 14.3 Å². The number of fused-ring (bicyclic) bond motifs is 2. The molecule has 24 heavy (non-hydrogen) atoms. The molecular weight excluding hydrogens is 304 g/mol. The van der Waals surface area contributed by atoms with Gasteiger partial charge in [0.15, 0.2) is 0 Å². The number of rotatable bonds is 5. The predicted molar refractivity (Wildman–Crippen MR) is 92.1 cm³/mol. The van der Waals surface area contributed by atoms with Crippen LogP contribution in [0.15, 0.2) is 0 Å². The smallest absolute Gasteiger partial charge is 0.355 e. The number of hydrogen-bond donors (Lipinski definition) is 2. The van der Waals surface area contributed by atoms with Gasteiger partial charge in [0.1, 0.15) is 5.69 Å². The molecule has 2 aliphatic rings. The lowest BCUT2D eigenvalue weighted by Gasteiger charge is -2.28. The molecule has 2 fully saturated rings. The summed E-state index contributed by atoms with van der Waals surface area (Å²) in [6, 6.07) is 0.174. The lowest BCUT2D eigenvalue weighted by molar-refractivity contribution is 0.0519. The molecule has 0 spiro atoms. The first-order valence-electron chi connectivity index (χ1n) is 9.09. The summed E-state index contributed by atoms with van der Waals surface area (Å²) in [5, 5.41) is 3.18. The fourth-order valence-electron chi connectivity index (χ4n) is 4.79. The second-order valence-corrected chi connectivity index (χ2v) is 7.45. The van der Waals surface area contributed by atoms with Crippen molar-refractivity contribution in [3.63, 3.8) is 0 Å². The van der Waals surface area contributed by atoms with Crippen LogP contribution in [0.4, 0.5) is 0 Å². The van der Waals surface area contributed by atoms with Crippen LogP contribution in [0.1, 0.15) is 71.6 Å². The van der Waals surface area contributed by atoms with Crippen LogP contribution in [0.5, 0.6) is 0 Å². The molecule has 1 heterocycles. The maximum atomic E-state index is 12.8. The SMILES string of the molecule is CCOC(=O)c1[nH]c(C)c(C(=O)N[C@@H](C)[C@H]2C[C@H]3CC[C@H]2C3)c1C. The Hall–Kier alpha value is -1.78. The van der Waals surface area contributed by atoms with Crippen molar-refractivity contribution >= 4 is 11.9 Å². The van der Waals surface area contributed by atoms with Crippen LogP contribution < -0.4 is 5.32 Å². The highest BCUT2D eigenvalue weighted by Crippen LogP contribution is 2.49. The molecule has 2 N–H and O–H groups in total. The Balaban J connectivity index is 1.72. The van der Waals surface area contributed by atoms with E-state index >= 15 is 0 Å². The molecule has 1 aromatic rings. The van der Waals surface area contributed by atoms with Gasteiger partial charge in [0, 0.05) is 11.7 Å². The number of aryl methyl sites for hydroxylation is 1. The van der Waals surface area contributed by atoms with E-state index < -0.39 is 5.97 Å². The van der Waals surface area contributed by atoms with Crippen molar-refractivity contribution in [2.75, 3.05) is 6.61 Å². The predicted octanol–water partition coefficient (Wildman–Crippen LogP) is 3.36. The summed E-state index contributed by atoms with van der Waals surface area (Å²) in [5.41, 5.74) is 2.34. The maximum Gasteiger partial charge on any atom is 0.355 e. The number of carbonyl (C=O) groups excluding carboxylic acids is 2. The van der Waals surface area contributed by atoms with Crippen molar-refractivity contribution in [1.82, 2.24) is 10.3 Å². The van der Waals surface area contributed by atoms with Crippen LogP contribution in [-0.2, 0) is 4.74 Å². The number of hydrogen-bond acceptors (Lipinski definition) is 3. The van der Waals surface area contributed by atoms with Gasteiger partial charge in [-0.15, -0.1) is 0 Å². The van der Waals surface area contributed by atoms with Gasteiger partial charge in [-0.2, -0.15) is 0 Å². The minimum Gasteiger partial charge on any atom is -0.461 e. The summed E-state index contributed by atoms with van der Waals surface area (Å²) in [5.74, 6) is 1.74. The van der Waals surface area contributed by atoms with Gasteiger partial charge >= 0.3 is 5.97 Å². The minimum atomic E-state index is -0.404. The van der Waals surface area contributed by atoms with Gasteiger partial charge in [-0.05, 0) is 70.3 Å². The molecule has 0 radical (unpaired) electrons. The Labute approximate surface area is 143 Å². The zero-order valence-corrected chi connectivity index (χ0v) is 15.1. The molecule has 0 aromatic carbocycles. The van der Waals surface area contributed by atoms with E-state index in [9.17, 15) is 9.59 Å². The van der Waals surface area contributed by atoms with Crippen molar-refractivity contribution in [3.05, 3.63) is 22.5 Å². The van der Waals surface area contributed by atoms with Crippen molar-refractivity contribution in [2.24, 2.45) is 17.8 Å². The van der Waals surface area contributed by atoms with Crippen LogP contribution in [0.2, 0.25) is 0 Å². The Morgan fingerprint density at radius 3 is 2.62 bits per heavy atom. The number of aromatic nitrogens is 1. The third-order valence-corrected chi connectivity index (χ3v) is 5.94. The molecule has 0 unspecified atom stereocenters. The Morgan fingerprint density at radius 2 is 2.04 bits per heavy atom. The van der Waals surface area contributed by atoms with Crippen LogP contribution in [0, 0.1) is 31.6 Å². The van der Waals surface area contributed by atoms with E-state index in [0.717, 1.165) is 11.8 Å². The molecule has 132 valence electrons. The summed E-state index contributed by atoms with van der Waals surface area (Å²) in [4.78, 5) is 27.8. The molecule has 5 nitrogen and oxygen atoms in total. The lowest BCUT2D eigenvalue weighted by Crippen LogP contribution is -2.40. The van der Waals surface area contributed by atoms with Crippen molar-refractivity contribution in [2.45, 2.75) is 59.4 Å². The molecule has 1 aromatic heterocycles. The first-order valence-corrected chi connectivity index (χ1v) is 9.09. The molecular formula is C19H28N2O3. The minimum absolute atomic E-state index is 0.0907. The van der Waals surface area contributed by atoms with E-state index in [-0.39, 0.29) is 11.9 Å². The number of ether oxygens (including phenoxy) is 1. The van der Waals surface area contributed by atoms with Crippen molar-refractivity contribution in [1.29, 1.82) is 0 Å². The second-order valence-electron chi connectivity index (χ2n) is 7.45. The number of nitrogens with one attached hydrogen (secondary N) is 2. The lowest BCUT2D eigenvalue weighted by atomic mass is 9.84. The second kappa shape index (κ2) is 6.61. The van der Waals surface area contributed by atoms with Gasteiger partial charge in [0.2, 0.25) is 0 Å². The zero-order valence-electron chi connectivity index (χ0n) is 15.1. The number of amides is 1. The molecule has 0 aliphatic heterocycles. The molecule has 4 atom stereocenters. The number of carbonyl (C=O) groups is 2. The molecule has 5 heteroatoms. The average molecular weight is 332 g/mol. The van der Waals surface area contributed by atoms with E-state index in [1.54, 1.807) is 13.8 Å². The average Bonchev–Trinajstić information content (AvgIpc) is 3.21. The maximum absolute atomic E-state index is 12.8. The van der Waals surface area contributed by atoms with Gasteiger partial charge < -0.3 is 15.0 Å². The van der Waals surface area contributed by atoms with E-state index in [1.807, 2.05) is 6.92 Å². The van der Waals surface area contributed by atoms with E-state index in [4.69, 9.17) is 4.74 Å². The van der Waals surface area contributed by atoms with Crippen LogP contribution >= 0.6 is 0 Å². The molecule has 2 aliphatic carbocycles. The Bertz CT molecular complexity index is 649. The summed E-state index contributed by atoms with van der Waals surface area (Å²) in [6.07, 6.45) is 5.25. The highest BCUT2D eigenvalue weighted by atomic mass is 16.5. The molecule has 0 saturated heterocycles. The number of aromatic amines is 1. The van der Waals surface area contributed by atoms with Gasteiger partial charge in [-0.25, -0.2) is 4.79 Å². The zero-order chi connectivity index (χ0) is 17.4. The van der Waals surface area contributed by atoms with Gasteiger partial charge in [0.25, 0.3) is 5.91 Å². The van der Waals surface area contributed by atoms with Crippen LogP contribution in [-0.4, -0.2) is 29.5 Å². The fraction of sp³-hybridized carbons (Fsp3) is 0.684. The molecule has 1 amide bonds. The van der Waals surface area contributed by atoms with Gasteiger partial charge in [0.05, 0.1) is 12.2 Å². The highest BCUT2D eigenvalue weighted by Gasteiger charge is 2.42. The quantitative estimate of drug-likeness (QED) is 0.812. The van der Waals surface area contributed by atoms with E-state index in [0.29, 0.717) is 35.0 Å². The van der Waals surface area contributed by atoms with Crippen LogP contribution in [0.25, 0.3) is 0 Å². The summed E-state index contributed by atoms with van der Waals surface area (Å²) >= 11 is 0. The third kappa shape index (κ3) is 2.96. The van der Waals surface area contributed by atoms with E-state index in [1.165, 1.54) is 25.7 Å². The van der Waals surface area contributed by atoms with Gasteiger partial charge in [-0.1, -0.05) is 6.42 Å². The highest BCUT2D eigenvalue weighted by molar-refractivity contribution is 6.01. The third-order valence-electron chi connectivity index (χ3n) is 5.94. The van der Waals surface area contributed by atoms with Crippen LogP contribution in [0.3, 0.4) is 0 Å².